The van der Waals surface area contributed by atoms with Crippen molar-refractivity contribution in [3.05, 3.63) is 0 Å². The number of hydrogen-bond donors (Lipinski definition) is 5. The van der Waals surface area contributed by atoms with E-state index in [9.17, 15) is 0 Å². The summed E-state index contributed by atoms with van der Waals surface area (Å²) < 4.78 is 0. The lowest BCUT2D eigenvalue weighted by Crippen LogP contribution is -2.55. The topological polar surface area (TPSA) is 142 Å². The van der Waals surface area contributed by atoms with E-state index in [1.54, 1.807) is 6.92 Å². The summed E-state index contributed by atoms with van der Waals surface area (Å²) in [4.78, 5) is 0. The van der Waals surface area contributed by atoms with Crippen LogP contribution >= 0.6 is 0 Å². The highest BCUT2D eigenvalue weighted by atomic mass is 15.6. The molecule has 0 amide bonds. The van der Waals surface area contributed by atoms with Crippen LogP contribution in [0, 0.1) is 5.41 Å². The summed E-state index contributed by atoms with van der Waals surface area (Å²) in [6, 6.07) is 0. The second kappa shape index (κ2) is 3.64. The number of nitrogens with one attached hydrogen (secondary N) is 2. The van der Waals surface area contributed by atoms with E-state index in [0.29, 0.717) is 6.42 Å². The molecule has 0 saturated carbocycles. The van der Waals surface area contributed by atoms with Crippen LogP contribution in [0.1, 0.15) is 20.3 Å². The molecule has 0 radical (unpaired) electrons. The molecule has 1 rings (SSSR count). The number of hydrogen-bond acceptors (Lipinski definition) is 4. The molecule has 1 aliphatic rings. The fourth-order valence-electron chi connectivity index (χ4n) is 1.48. The molecule has 0 aromatic heterocycles. The predicted molar refractivity (Wildman–Crippen MR) is 58.8 cm³/mol. The Balaban J connectivity index is 2.84. The summed E-state index contributed by atoms with van der Waals surface area (Å²) in [6.45, 7) is 3.65. The van der Waals surface area contributed by atoms with Crippen LogP contribution in [-0.4, -0.2) is 28.3 Å². The van der Waals surface area contributed by atoms with Crippen molar-refractivity contribution < 1.29 is 0 Å². The zero-order chi connectivity index (χ0) is 11.6. The number of guanidine groups is 2. The highest BCUT2D eigenvalue weighted by Gasteiger charge is 2.38. The molecule has 0 aromatic carbocycles. The smallest absolute Gasteiger partial charge is 0.211 e. The van der Waals surface area contributed by atoms with Gasteiger partial charge in [0.1, 0.15) is 0 Å². The normalized spacial score (nSPS) is 24.7. The minimum atomic E-state index is -0.681. The van der Waals surface area contributed by atoms with E-state index in [1.807, 2.05) is 6.92 Å². The average molecular weight is 212 g/mol. The monoisotopic (exact) mass is 212 g/mol. The minimum absolute atomic E-state index is 0.0794. The van der Waals surface area contributed by atoms with Gasteiger partial charge in [-0.2, -0.15) is 5.10 Å². The second-order valence-electron chi connectivity index (χ2n) is 3.63. The van der Waals surface area contributed by atoms with Crippen molar-refractivity contribution in [2.45, 2.75) is 25.9 Å². The Labute approximate surface area is 87.7 Å². The number of nitrogens with zero attached hydrogens (tertiary/aromatic N) is 3. The van der Waals surface area contributed by atoms with Gasteiger partial charge in [-0.1, -0.05) is 0 Å². The van der Waals surface area contributed by atoms with Crippen LogP contribution in [0.25, 0.3) is 0 Å². The van der Waals surface area contributed by atoms with Crippen molar-refractivity contribution >= 4 is 17.6 Å². The molecule has 0 spiro atoms. The summed E-state index contributed by atoms with van der Waals surface area (Å²) in [6.07, 6.45) is 0.587. The molecule has 1 aliphatic heterocycles. The van der Waals surface area contributed by atoms with Gasteiger partial charge in [0.2, 0.25) is 11.9 Å². The molecule has 0 unspecified atom stereocenters. The third-order valence-corrected chi connectivity index (χ3v) is 1.99. The maximum atomic E-state index is 7.37. The highest BCUT2D eigenvalue weighted by Crippen LogP contribution is 2.23. The van der Waals surface area contributed by atoms with Crippen LogP contribution in [-0.2, 0) is 0 Å². The van der Waals surface area contributed by atoms with Crippen LogP contribution in [0.15, 0.2) is 10.2 Å². The maximum absolute atomic E-state index is 7.37. The van der Waals surface area contributed by atoms with Crippen molar-refractivity contribution in [2.24, 2.45) is 27.4 Å². The van der Waals surface area contributed by atoms with E-state index in [2.05, 4.69) is 15.6 Å². The lowest BCUT2D eigenvalue weighted by atomic mass is 10.1. The minimum Gasteiger partial charge on any atom is -0.369 e. The molecule has 1 atom stereocenters. The quantitative estimate of drug-likeness (QED) is 0.214. The van der Waals surface area contributed by atoms with E-state index >= 15 is 0 Å². The zero-order valence-electron chi connectivity index (χ0n) is 8.78. The molecule has 0 aliphatic carbocycles. The van der Waals surface area contributed by atoms with Gasteiger partial charge in [-0.3, -0.25) is 10.8 Å². The van der Waals surface area contributed by atoms with Gasteiger partial charge >= 0.3 is 0 Å². The highest BCUT2D eigenvalue weighted by molar-refractivity contribution is 5.88. The summed E-state index contributed by atoms with van der Waals surface area (Å²) in [5.41, 5.74) is 18.7. The Bertz CT molecular complexity index is 328. The van der Waals surface area contributed by atoms with Crippen LogP contribution in [0.5, 0.6) is 0 Å². The van der Waals surface area contributed by atoms with Crippen molar-refractivity contribution in [1.82, 2.24) is 10.4 Å². The second-order valence-corrected chi connectivity index (χ2v) is 3.63. The molecule has 8 N–H and O–H groups in total. The number of hydrazone groups is 2. The van der Waals surface area contributed by atoms with E-state index < -0.39 is 5.66 Å². The van der Waals surface area contributed by atoms with Gasteiger partial charge in [-0.15, -0.1) is 5.10 Å². The van der Waals surface area contributed by atoms with Crippen LogP contribution in [0.2, 0.25) is 0 Å². The first-order valence-corrected chi connectivity index (χ1v) is 4.39. The van der Waals surface area contributed by atoms with E-state index in [1.165, 1.54) is 5.01 Å². The van der Waals surface area contributed by atoms with Gasteiger partial charge < -0.3 is 17.2 Å². The molecular weight excluding hydrogens is 196 g/mol. The number of nitrogens with two attached hydrogens (primary N) is 3. The molecular formula is C7H16N8. The van der Waals surface area contributed by atoms with Crippen molar-refractivity contribution in [3.8, 4) is 0 Å². The molecule has 15 heavy (non-hydrogen) atoms. The largest absolute Gasteiger partial charge is 0.369 e. The standard InChI is InChI=1S/C7H16N8/c1-4-3-7(2,14-12-5(8)9)15(13-4)6(10)11/h14H,3H2,1-2H3,(H3,10,11)(H4,8,9,12)/t7-/m0/s1. The lowest BCUT2D eigenvalue weighted by molar-refractivity contribution is 0.180. The number of rotatable bonds is 2. The third kappa shape index (κ3) is 2.27. The fourth-order valence-corrected chi connectivity index (χ4v) is 1.48. The Hall–Kier alpha value is -1.99. The van der Waals surface area contributed by atoms with E-state index in [0.717, 1.165) is 5.71 Å². The third-order valence-electron chi connectivity index (χ3n) is 1.99. The first kappa shape index (κ1) is 11.1. The molecule has 0 bridgehead atoms. The predicted octanol–water partition coefficient (Wildman–Crippen LogP) is -1.54. The van der Waals surface area contributed by atoms with Crippen LogP contribution < -0.4 is 22.6 Å². The Morgan fingerprint density at radius 2 is 2.20 bits per heavy atom. The van der Waals surface area contributed by atoms with Gasteiger partial charge in [-0.05, 0) is 13.8 Å². The summed E-state index contributed by atoms with van der Waals surface area (Å²) in [5, 5.41) is 16.5. The first-order valence-electron chi connectivity index (χ1n) is 4.39. The average Bonchev–Trinajstić information content (AvgIpc) is 2.39. The molecule has 84 valence electrons. The zero-order valence-corrected chi connectivity index (χ0v) is 8.78. The van der Waals surface area contributed by atoms with E-state index in [-0.39, 0.29) is 11.9 Å². The van der Waals surface area contributed by atoms with Gasteiger partial charge in [0.05, 0.1) is 0 Å². The summed E-state index contributed by atoms with van der Waals surface area (Å²) in [5.74, 6) is -0.239. The van der Waals surface area contributed by atoms with Gasteiger partial charge in [0.15, 0.2) is 5.66 Å². The Kier molecular flexibility index (Phi) is 2.69. The van der Waals surface area contributed by atoms with Crippen molar-refractivity contribution in [2.75, 3.05) is 0 Å². The van der Waals surface area contributed by atoms with Gasteiger partial charge in [0, 0.05) is 12.1 Å². The molecule has 0 fully saturated rings. The molecule has 0 saturated heterocycles. The van der Waals surface area contributed by atoms with Crippen molar-refractivity contribution in [1.29, 1.82) is 5.41 Å². The van der Waals surface area contributed by atoms with Crippen LogP contribution in [0.3, 0.4) is 0 Å². The molecule has 8 nitrogen and oxygen atoms in total. The summed E-state index contributed by atoms with van der Waals surface area (Å²) >= 11 is 0. The summed E-state index contributed by atoms with van der Waals surface area (Å²) in [7, 11) is 0. The SMILES string of the molecule is CC1=NN(C(=N)N)[C@](C)(NN=C(N)N)C1. The Morgan fingerprint density at radius 3 is 2.67 bits per heavy atom. The van der Waals surface area contributed by atoms with Gasteiger partial charge in [-0.25, -0.2) is 5.01 Å². The molecule has 0 aromatic rings. The fraction of sp³-hybridized carbons (Fsp3) is 0.571. The first-order chi connectivity index (χ1) is 6.85. The van der Waals surface area contributed by atoms with E-state index in [4.69, 9.17) is 22.6 Å². The van der Waals surface area contributed by atoms with Crippen LogP contribution in [0.4, 0.5) is 0 Å². The molecule has 1 heterocycles. The van der Waals surface area contributed by atoms with Crippen molar-refractivity contribution in [3.63, 3.8) is 0 Å². The molecule has 8 heteroatoms. The maximum Gasteiger partial charge on any atom is 0.211 e. The van der Waals surface area contributed by atoms with Gasteiger partial charge in [0.25, 0.3) is 0 Å². The lowest BCUT2D eigenvalue weighted by Gasteiger charge is -2.32. The Morgan fingerprint density at radius 1 is 1.60 bits per heavy atom.